The van der Waals surface area contributed by atoms with Crippen molar-refractivity contribution in [2.75, 3.05) is 19.7 Å². The Balaban J connectivity index is 0.00000320. The summed E-state index contributed by atoms with van der Waals surface area (Å²) in [5.41, 5.74) is 0.841. The highest BCUT2D eigenvalue weighted by Crippen LogP contribution is 2.30. The molecule has 1 fully saturated rings. The number of ether oxygens (including phenoxy) is 1. The van der Waals surface area contributed by atoms with Gasteiger partial charge in [0.1, 0.15) is 0 Å². The molecule has 7 nitrogen and oxygen atoms in total. The summed E-state index contributed by atoms with van der Waals surface area (Å²) in [6.07, 6.45) is 3.85. The molecule has 0 bridgehead atoms. The van der Waals surface area contributed by atoms with Gasteiger partial charge in [0.25, 0.3) is 0 Å². The number of aromatic nitrogens is 2. The molecular weight excluding hydrogens is 500 g/mol. The zero-order valence-corrected chi connectivity index (χ0v) is 20.1. The minimum atomic E-state index is -0.325. The monoisotopic (exact) mass is 531 g/mol. The molecule has 1 aromatic heterocycles. The fourth-order valence-corrected chi connectivity index (χ4v) is 2.87. The summed E-state index contributed by atoms with van der Waals surface area (Å²) in [5, 5.41) is 10.3. The zero-order valence-electron chi connectivity index (χ0n) is 17.8. The molecule has 0 aliphatic heterocycles. The Morgan fingerprint density at radius 1 is 1.40 bits per heavy atom. The van der Waals surface area contributed by atoms with Crippen LogP contribution in [0.5, 0.6) is 5.75 Å². The van der Waals surface area contributed by atoms with Crippen LogP contribution >= 0.6 is 24.0 Å². The molecule has 9 heteroatoms. The molecule has 0 saturated heterocycles. The van der Waals surface area contributed by atoms with Gasteiger partial charge in [-0.1, -0.05) is 11.2 Å². The Hall–Kier alpha value is -1.91. The lowest BCUT2D eigenvalue weighted by atomic mass is 10.1. The smallest absolute Gasteiger partial charge is 0.226 e. The van der Waals surface area contributed by atoms with E-state index in [1.165, 1.54) is 18.9 Å². The van der Waals surface area contributed by atoms with Crippen molar-refractivity contribution in [2.45, 2.75) is 52.5 Å². The van der Waals surface area contributed by atoms with E-state index in [1.54, 1.807) is 13.0 Å². The second-order valence-electron chi connectivity index (χ2n) is 7.41. The fourth-order valence-electron chi connectivity index (χ4n) is 2.87. The molecule has 166 valence electrons. The van der Waals surface area contributed by atoms with E-state index in [4.69, 9.17) is 9.26 Å². The zero-order chi connectivity index (χ0) is 20.6. The molecule has 2 N–H and O–H groups in total. The maximum Gasteiger partial charge on any atom is 0.226 e. The minimum Gasteiger partial charge on any atom is -0.490 e. The number of halogens is 2. The normalized spacial score (nSPS) is 14.7. The summed E-state index contributed by atoms with van der Waals surface area (Å²) in [4.78, 5) is 8.77. The molecule has 1 aliphatic carbocycles. The van der Waals surface area contributed by atoms with Crippen molar-refractivity contribution in [1.82, 2.24) is 20.8 Å². The van der Waals surface area contributed by atoms with Crippen LogP contribution in [0.15, 0.2) is 27.7 Å². The van der Waals surface area contributed by atoms with Gasteiger partial charge in [0.2, 0.25) is 5.89 Å². The Labute approximate surface area is 194 Å². The van der Waals surface area contributed by atoms with Crippen molar-refractivity contribution in [2.24, 2.45) is 10.9 Å². The Morgan fingerprint density at radius 2 is 2.20 bits per heavy atom. The fraction of sp³-hybridized carbons (Fsp3) is 0.571. The van der Waals surface area contributed by atoms with Gasteiger partial charge in [-0.3, -0.25) is 4.99 Å². The molecule has 0 amide bonds. The van der Waals surface area contributed by atoms with Gasteiger partial charge in [0, 0.05) is 19.5 Å². The maximum atomic E-state index is 14.4. The molecule has 1 aliphatic rings. The second-order valence-corrected chi connectivity index (χ2v) is 7.41. The Bertz CT molecular complexity index is 825. The maximum absolute atomic E-state index is 14.4. The standard InChI is InChI=1S/C21H30FN5O2.HI/c1-4-23-21(24-11-5-6-20-26-15(3)27-29-20)25-14(2)17-9-10-19(18(22)12-17)28-13-16-7-8-16;/h9-10,12,14,16H,4-8,11,13H2,1-3H3,(H2,23,24,25);1H. The highest BCUT2D eigenvalue weighted by atomic mass is 127. The summed E-state index contributed by atoms with van der Waals surface area (Å²) in [5.74, 6) is 2.55. The number of hydrogen-bond acceptors (Lipinski definition) is 5. The third-order valence-corrected chi connectivity index (χ3v) is 4.71. The number of aryl methyl sites for hydroxylation is 2. The molecule has 1 aromatic carbocycles. The number of benzene rings is 1. The van der Waals surface area contributed by atoms with Crippen LogP contribution in [0.2, 0.25) is 0 Å². The van der Waals surface area contributed by atoms with Gasteiger partial charge >= 0.3 is 0 Å². The van der Waals surface area contributed by atoms with Gasteiger partial charge in [0.05, 0.1) is 12.6 Å². The molecule has 0 radical (unpaired) electrons. The molecular formula is C21H31FIN5O2. The quantitative estimate of drug-likeness (QED) is 0.207. The first-order chi connectivity index (χ1) is 14.0. The number of hydrogen-bond donors (Lipinski definition) is 2. The average Bonchev–Trinajstić information content (AvgIpc) is 3.44. The second kappa shape index (κ2) is 12.1. The molecule has 2 aromatic rings. The van der Waals surface area contributed by atoms with Gasteiger partial charge in [-0.15, -0.1) is 24.0 Å². The Kier molecular flexibility index (Phi) is 9.80. The number of guanidine groups is 1. The third kappa shape index (κ3) is 7.73. The van der Waals surface area contributed by atoms with E-state index >= 15 is 0 Å². The minimum absolute atomic E-state index is 0. The molecule has 1 heterocycles. The van der Waals surface area contributed by atoms with E-state index in [1.807, 2.05) is 19.9 Å². The van der Waals surface area contributed by atoms with Crippen LogP contribution in [0.3, 0.4) is 0 Å². The van der Waals surface area contributed by atoms with Crippen LogP contribution in [0.25, 0.3) is 0 Å². The summed E-state index contributed by atoms with van der Waals surface area (Å²) < 4.78 is 25.0. The van der Waals surface area contributed by atoms with Crippen LogP contribution in [0, 0.1) is 18.7 Å². The predicted molar refractivity (Wildman–Crippen MR) is 125 cm³/mol. The molecule has 30 heavy (non-hydrogen) atoms. The van der Waals surface area contributed by atoms with Crippen molar-refractivity contribution in [3.8, 4) is 5.75 Å². The number of nitrogens with one attached hydrogen (secondary N) is 2. The largest absolute Gasteiger partial charge is 0.490 e. The van der Waals surface area contributed by atoms with Crippen molar-refractivity contribution in [3.05, 3.63) is 41.3 Å². The van der Waals surface area contributed by atoms with Gasteiger partial charge < -0.3 is 19.9 Å². The van der Waals surface area contributed by atoms with Crippen LogP contribution in [-0.4, -0.2) is 35.8 Å². The van der Waals surface area contributed by atoms with Crippen LogP contribution in [-0.2, 0) is 6.42 Å². The van der Waals surface area contributed by atoms with Gasteiger partial charge in [0.15, 0.2) is 23.4 Å². The predicted octanol–water partition coefficient (Wildman–Crippen LogP) is 4.17. The van der Waals surface area contributed by atoms with Gasteiger partial charge in [-0.05, 0) is 63.6 Å². The summed E-state index contributed by atoms with van der Waals surface area (Å²) in [6.45, 7) is 7.75. The van der Waals surface area contributed by atoms with E-state index in [-0.39, 0.29) is 35.8 Å². The van der Waals surface area contributed by atoms with Crippen molar-refractivity contribution < 1.29 is 13.7 Å². The summed E-state index contributed by atoms with van der Waals surface area (Å²) in [6, 6.07) is 5.03. The van der Waals surface area contributed by atoms with Crippen LogP contribution in [0.1, 0.15) is 56.4 Å². The summed E-state index contributed by atoms with van der Waals surface area (Å²) >= 11 is 0. The highest BCUT2D eigenvalue weighted by molar-refractivity contribution is 14.0. The number of rotatable bonds is 10. The molecule has 3 rings (SSSR count). The lowest BCUT2D eigenvalue weighted by molar-refractivity contribution is 0.285. The SMILES string of the molecule is CCNC(=NCCCc1nc(C)no1)NC(C)c1ccc(OCC2CC2)c(F)c1.I. The summed E-state index contributed by atoms with van der Waals surface area (Å²) in [7, 11) is 0. The lowest BCUT2D eigenvalue weighted by Gasteiger charge is -2.19. The van der Waals surface area contributed by atoms with E-state index in [9.17, 15) is 4.39 Å². The van der Waals surface area contributed by atoms with E-state index < -0.39 is 0 Å². The van der Waals surface area contributed by atoms with Crippen LogP contribution < -0.4 is 15.4 Å². The number of aliphatic imine (C=N–C) groups is 1. The van der Waals surface area contributed by atoms with Crippen LogP contribution in [0.4, 0.5) is 4.39 Å². The molecule has 0 spiro atoms. The van der Waals surface area contributed by atoms with E-state index in [0.717, 1.165) is 18.5 Å². The van der Waals surface area contributed by atoms with Crippen molar-refractivity contribution in [1.29, 1.82) is 0 Å². The lowest BCUT2D eigenvalue weighted by Crippen LogP contribution is -2.38. The molecule has 1 saturated carbocycles. The third-order valence-electron chi connectivity index (χ3n) is 4.71. The van der Waals surface area contributed by atoms with Gasteiger partial charge in [-0.25, -0.2) is 4.39 Å². The first-order valence-electron chi connectivity index (χ1n) is 10.3. The Morgan fingerprint density at radius 3 is 2.83 bits per heavy atom. The number of nitrogens with zero attached hydrogens (tertiary/aromatic N) is 3. The first-order valence-corrected chi connectivity index (χ1v) is 10.3. The van der Waals surface area contributed by atoms with E-state index in [0.29, 0.717) is 48.9 Å². The first kappa shape index (κ1) is 24.4. The molecule has 1 unspecified atom stereocenters. The van der Waals surface area contributed by atoms with Gasteiger partial charge in [-0.2, -0.15) is 4.98 Å². The molecule has 1 atom stereocenters. The van der Waals surface area contributed by atoms with Crippen molar-refractivity contribution >= 4 is 29.9 Å². The average molecular weight is 531 g/mol. The van der Waals surface area contributed by atoms with E-state index in [2.05, 4.69) is 25.8 Å². The van der Waals surface area contributed by atoms with Crippen molar-refractivity contribution in [3.63, 3.8) is 0 Å². The highest BCUT2D eigenvalue weighted by Gasteiger charge is 2.22. The topological polar surface area (TPSA) is 84.6 Å².